The molecule has 164 valence electrons. The first-order valence-electron chi connectivity index (χ1n) is 9.48. The Morgan fingerprint density at radius 1 is 0.933 bits per heavy atom. The van der Waals surface area contributed by atoms with Gasteiger partial charge in [0.05, 0.1) is 6.42 Å². The van der Waals surface area contributed by atoms with Crippen molar-refractivity contribution in [1.82, 2.24) is 10.2 Å². The largest absolute Gasteiger partial charge is 0.399 e. The first-order chi connectivity index (χ1) is 13.5. The summed E-state index contributed by atoms with van der Waals surface area (Å²) in [4.78, 5) is 26.5. The predicted octanol–water partition coefficient (Wildman–Crippen LogP) is 3.51. The number of halogens is 2. The van der Waals surface area contributed by atoms with Crippen molar-refractivity contribution < 1.29 is 9.59 Å². The van der Waals surface area contributed by atoms with E-state index in [1.807, 2.05) is 12.1 Å². The van der Waals surface area contributed by atoms with E-state index in [9.17, 15) is 9.59 Å². The molecule has 1 aliphatic heterocycles. The van der Waals surface area contributed by atoms with Gasteiger partial charge in [-0.25, -0.2) is 4.79 Å². The molecule has 0 spiro atoms. The molecule has 1 aliphatic rings. The first-order valence-corrected chi connectivity index (χ1v) is 9.48. The second-order valence-electron chi connectivity index (χ2n) is 7.22. The molecule has 0 aromatic heterocycles. The maximum absolute atomic E-state index is 12.1. The van der Waals surface area contributed by atoms with Crippen LogP contribution < -0.4 is 21.7 Å². The van der Waals surface area contributed by atoms with Crippen molar-refractivity contribution >= 4 is 53.8 Å². The van der Waals surface area contributed by atoms with Crippen LogP contribution in [0, 0.1) is 0 Å². The van der Waals surface area contributed by atoms with Crippen LogP contribution in [0.15, 0.2) is 48.5 Å². The van der Waals surface area contributed by atoms with Crippen molar-refractivity contribution in [3.8, 4) is 0 Å². The molecule has 0 radical (unpaired) electrons. The first kappa shape index (κ1) is 25.6. The third-order valence-electron chi connectivity index (χ3n) is 4.82. The van der Waals surface area contributed by atoms with Gasteiger partial charge >= 0.3 is 6.03 Å². The van der Waals surface area contributed by atoms with Crippen molar-refractivity contribution in [3.05, 3.63) is 54.1 Å². The maximum atomic E-state index is 12.1. The highest BCUT2D eigenvalue weighted by Gasteiger charge is 2.18. The van der Waals surface area contributed by atoms with Crippen LogP contribution in [-0.2, 0) is 11.2 Å². The second kappa shape index (κ2) is 12.3. The van der Waals surface area contributed by atoms with Gasteiger partial charge in [0.15, 0.2) is 0 Å². The molecule has 30 heavy (non-hydrogen) atoms. The summed E-state index contributed by atoms with van der Waals surface area (Å²) in [6.45, 7) is 1.99. The second-order valence-corrected chi connectivity index (χ2v) is 7.22. The fraction of sp³-hybridized carbons (Fsp3) is 0.333. The summed E-state index contributed by atoms with van der Waals surface area (Å²) in [6.07, 6.45) is 2.20. The molecule has 0 bridgehead atoms. The highest BCUT2D eigenvalue weighted by atomic mass is 35.5. The standard InChI is InChI=1S/C21H27N5O2.2ClH/c1-26-12-10-19(11-13-26)25-21(28)24-18-8-6-17(7-9-18)23-20(27)14-15-2-4-16(22)5-3-15;;/h2-9,19H,10-14,22H2,1H3,(H,23,27)(H2,24,25,28);2*1H. The molecule has 3 rings (SSSR count). The zero-order valence-electron chi connectivity index (χ0n) is 16.9. The quantitative estimate of drug-likeness (QED) is 0.520. The normalized spacial score (nSPS) is 14.0. The van der Waals surface area contributed by atoms with E-state index < -0.39 is 0 Å². The van der Waals surface area contributed by atoms with Crippen molar-refractivity contribution in [3.63, 3.8) is 0 Å². The highest BCUT2D eigenvalue weighted by Crippen LogP contribution is 2.15. The molecule has 0 saturated carbocycles. The number of nitrogens with two attached hydrogens (primary N) is 1. The number of hydrogen-bond donors (Lipinski definition) is 4. The lowest BCUT2D eigenvalue weighted by atomic mass is 10.1. The van der Waals surface area contributed by atoms with Gasteiger partial charge in [-0.15, -0.1) is 24.8 Å². The zero-order chi connectivity index (χ0) is 19.9. The monoisotopic (exact) mass is 453 g/mol. The molecule has 2 aromatic carbocycles. The zero-order valence-corrected chi connectivity index (χ0v) is 18.5. The van der Waals surface area contributed by atoms with Crippen LogP contribution >= 0.6 is 24.8 Å². The molecule has 9 heteroatoms. The molecule has 0 atom stereocenters. The third kappa shape index (κ3) is 8.10. The summed E-state index contributed by atoms with van der Waals surface area (Å²) in [7, 11) is 2.09. The number of nitrogen functional groups attached to an aromatic ring is 1. The van der Waals surface area contributed by atoms with Gasteiger partial charge in [-0.05, 0) is 74.9 Å². The van der Waals surface area contributed by atoms with Gasteiger partial charge < -0.3 is 26.6 Å². The molecule has 3 amide bonds. The Morgan fingerprint density at radius 2 is 1.47 bits per heavy atom. The number of carbonyl (C=O) groups is 2. The van der Waals surface area contributed by atoms with Gasteiger partial charge in [0, 0.05) is 23.1 Å². The van der Waals surface area contributed by atoms with Crippen LogP contribution in [0.5, 0.6) is 0 Å². The lowest BCUT2D eigenvalue weighted by Crippen LogP contribution is -2.44. The molecule has 7 nitrogen and oxygen atoms in total. The molecule has 0 unspecified atom stereocenters. The highest BCUT2D eigenvalue weighted by molar-refractivity contribution is 5.93. The predicted molar refractivity (Wildman–Crippen MR) is 127 cm³/mol. The topological polar surface area (TPSA) is 99.5 Å². The Bertz CT molecular complexity index is 807. The molecule has 1 saturated heterocycles. The molecule has 5 N–H and O–H groups in total. The fourth-order valence-corrected chi connectivity index (χ4v) is 3.17. The van der Waals surface area contributed by atoms with Crippen LogP contribution in [0.4, 0.5) is 21.9 Å². The van der Waals surface area contributed by atoms with Gasteiger partial charge in [0.25, 0.3) is 0 Å². The molecular weight excluding hydrogens is 425 g/mol. The number of carbonyl (C=O) groups excluding carboxylic acids is 2. The SMILES string of the molecule is CN1CCC(NC(=O)Nc2ccc(NC(=O)Cc3ccc(N)cc3)cc2)CC1.Cl.Cl. The van der Waals surface area contributed by atoms with Gasteiger partial charge in [0.1, 0.15) is 0 Å². The van der Waals surface area contributed by atoms with Crippen molar-refractivity contribution in [1.29, 1.82) is 0 Å². The number of rotatable bonds is 5. The average molecular weight is 454 g/mol. The molecular formula is C21H29Cl2N5O2. The lowest BCUT2D eigenvalue weighted by Gasteiger charge is -2.29. The minimum Gasteiger partial charge on any atom is -0.399 e. The van der Waals surface area contributed by atoms with Crippen molar-refractivity contribution in [2.75, 3.05) is 36.5 Å². The number of hydrogen-bond acceptors (Lipinski definition) is 4. The molecule has 2 aromatic rings. The third-order valence-corrected chi connectivity index (χ3v) is 4.82. The fourth-order valence-electron chi connectivity index (χ4n) is 3.17. The van der Waals surface area contributed by atoms with Gasteiger partial charge in [-0.1, -0.05) is 12.1 Å². The van der Waals surface area contributed by atoms with E-state index in [1.165, 1.54) is 0 Å². The van der Waals surface area contributed by atoms with E-state index in [0.717, 1.165) is 31.5 Å². The van der Waals surface area contributed by atoms with Gasteiger partial charge in [-0.2, -0.15) is 0 Å². The summed E-state index contributed by atoms with van der Waals surface area (Å²) in [5, 5.41) is 8.70. The van der Waals surface area contributed by atoms with Crippen LogP contribution in [0.25, 0.3) is 0 Å². The van der Waals surface area contributed by atoms with E-state index in [-0.39, 0.29) is 49.2 Å². The van der Waals surface area contributed by atoms with E-state index >= 15 is 0 Å². The summed E-state index contributed by atoms with van der Waals surface area (Å²) < 4.78 is 0. The van der Waals surface area contributed by atoms with Crippen LogP contribution in [-0.4, -0.2) is 43.0 Å². The minimum absolute atomic E-state index is 0. The lowest BCUT2D eigenvalue weighted by molar-refractivity contribution is -0.115. The van der Waals surface area contributed by atoms with E-state index in [4.69, 9.17) is 5.73 Å². The number of urea groups is 1. The Morgan fingerprint density at radius 3 is 2.03 bits per heavy atom. The van der Waals surface area contributed by atoms with Crippen LogP contribution in [0.1, 0.15) is 18.4 Å². The van der Waals surface area contributed by atoms with Crippen LogP contribution in [0.3, 0.4) is 0 Å². The number of nitrogens with one attached hydrogen (secondary N) is 3. The average Bonchev–Trinajstić information content (AvgIpc) is 2.67. The number of piperidine rings is 1. The molecule has 1 fully saturated rings. The minimum atomic E-state index is -0.199. The number of benzene rings is 2. The summed E-state index contributed by atoms with van der Waals surface area (Å²) >= 11 is 0. The van der Waals surface area contributed by atoms with Crippen LogP contribution in [0.2, 0.25) is 0 Å². The summed E-state index contributed by atoms with van der Waals surface area (Å²) in [5.41, 5.74) is 8.59. The molecule has 0 aliphatic carbocycles. The summed E-state index contributed by atoms with van der Waals surface area (Å²) in [5.74, 6) is -0.106. The summed E-state index contributed by atoms with van der Waals surface area (Å²) in [6, 6.07) is 14.3. The van der Waals surface area contributed by atoms with E-state index in [1.54, 1.807) is 36.4 Å². The number of amides is 3. The maximum Gasteiger partial charge on any atom is 0.319 e. The Hall–Kier alpha value is -2.48. The van der Waals surface area contributed by atoms with E-state index in [0.29, 0.717) is 17.1 Å². The molecule has 1 heterocycles. The Balaban J connectivity index is 0.00000225. The number of anilines is 3. The van der Waals surface area contributed by atoms with Crippen molar-refractivity contribution in [2.24, 2.45) is 0 Å². The smallest absolute Gasteiger partial charge is 0.319 e. The van der Waals surface area contributed by atoms with Crippen molar-refractivity contribution in [2.45, 2.75) is 25.3 Å². The van der Waals surface area contributed by atoms with Gasteiger partial charge in [0.2, 0.25) is 5.91 Å². The Kier molecular flexibility index (Phi) is 10.5. The van der Waals surface area contributed by atoms with E-state index in [2.05, 4.69) is 27.9 Å². The number of likely N-dealkylation sites (tertiary alicyclic amines) is 1. The Labute approximate surface area is 189 Å². The number of nitrogens with zero attached hydrogens (tertiary/aromatic N) is 1. The van der Waals surface area contributed by atoms with Gasteiger partial charge in [-0.3, -0.25) is 4.79 Å².